The van der Waals surface area contributed by atoms with Crippen LogP contribution in [0.25, 0.3) is 0 Å². The van der Waals surface area contributed by atoms with Crippen LogP contribution in [0, 0.1) is 0 Å². The number of carbonyl (C=O) groups is 2. The van der Waals surface area contributed by atoms with Crippen molar-refractivity contribution in [2.24, 2.45) is 0 Å². The van der Waals surface area contributed by atoms with Crippen LogP contribution >= 0.6 is 7.82 Å². The number of phosphoric acid groups is 1. The summed E-state index contributed by atoms with van der Waals surface area (Å²) in [4.78, 5) is 35.1. The predicted molar refractivity (Wildman–Crippen MR) is 201 cm³/mol. The average Bonchev–Trinajstić information content (AvgIpc) is 3.04. The van der Waals surface area contributed by atoms with Gasteiger partial charge in [0.2, 0.25) is 0 Å². The molecule has 292 valence electrons. The zero-order valence-electron chi connectivity index (χ0n) is 32.7. The van der Waals surface area contributed by atoms with E-state index in [1.54, 1.807) is 0 Å². The fourth-order valence-electron chi connectivity index (χ4n) is 5.66. The Morgan fingerprint density at radius 3 is 1.31 bits per heavy atom. The maximum Gasteiger partial charge on any atom is 0.472 e. The average molecular weight is 721 g/mol. The highest BCUT2D eigenvalue weighted by Crippen LogP contribution is 2.43. The van der Waals surface area contributed by atoms with Gasteiger partial charge in [-0.15, -0.1) is 0 Å². The Morgan fingerprint density at radius 1 is 0.551 bits per heavy atom. The Hall–Kier alpha value is -0.990. The number of unbranched alkanes of at least 4 members (excludes halogenated alkanes) is 23. The molecule has 10 heteroatoms. The molecule has 9 nitrogen and oxygen atoms in total. The zero-order chi connectivity index (χ0) is 36.5. The zero-order valence-corrected chi connectivity index (χ0v) is 33.6. The number of rotatable bonds is 37. The maximum atomic E-state index is 12.6. The Labute approximate surface area is 302 Å². The third-order valence-electron chi connectivity index (χ3n) is 8.89. The van der Waals surface area contributed by atoms with E-state index in [0.29, 0.717) is 23.9 Å². The minimum absolute atomic E-state index is 0.0363. The van der Waals surface area contributed by atoms with Crippen LogP contribution in [-0.4, -0.2) is 74.9 Å². The third-order valence-corrected chi connectivity index (χ3v) is 9.87. The molecule has 0 saturated heterocycles. The van der Waals surface area contributed by atoms with Crippen LogP contribution in [0.2, 0.25) is 0 Å². The summed E-state index contributed by atoms with van der Waals surface area (Å²) in [5.74, 6) is -0.791. The summed E-state index contributed by atoms with van der Waals surface area (Å²) in [6.45, 7) is 4.41. The van der Waals surface area contributed by atoms with Gasteiger partial charge in [-0.3, -0.25) is 18.6 Å². The second kappa shape index (κ2) is 32.9. The van der Waals surface area contributed by atoms with Gasteiger partial charge in [-0.1, -0.05) is 162 Å². The first-order valence-corrected chi connectivity index (χ1v) is 21.8. The standard InChI is InChI=1S/C39H78NO8P/c1-6-8-10-12-14-16-17-18-19-20-21-22-24-25-27-29-31-38(41)45-35-37(36-47-49(43,44)46-34-33-40(3,4)5)48-39(42)32-30-28-26-23-15-13-11-9-7-2/h37H,6-36H2,1-5H3/p+1. The molecule has 0 amide bonds. The quantitative estimate of drug-likeness (QED) is 0.0292. The summed E-state index contributed by atoms with van der Waals surface area (Å²) in [5, 5.41) is 0. The molecule has 0 rings (SSSR count). The van der Waals surface area contributed by atoms with E-state index in [0.717, 1.165) is 32.1 Å². The molecule has 0 aliphatic carbocycles. The molecule has 0 fully saturated rings. The Bertz CT molecular complexity index is 819. The third kappa shape index (κ3) is 36.6. The van der Waals surface area contributed by atoms with E-state index in [-0.39, 0.29) is 25.6 Å². The van der Waals surface area contributed by atoms with Crippen LogP contribution in [-0.2, 0) is 32.7 Å². The number of carbonyl (C=O) groups excluding carboxylic acids is 2. The minimum Gasteiger partial charge on any atom is -0.462 e. The maximum absolute atomic E-state index is 12.6. The number of nitrogens with zero attached hydrogens (tertiary/aromatic N) is 1. The lowest BCUT2D eigenvalue weighted by Crippen LogP contribution is -2.37. The molecule has 0 heterocycles. The van der Waals surface area contributed by atoms with Crippen LogP contribution in [0.1, 0.15) is 187 Å². The number of quaternary nitrogens is 1. The molecular weight excluding hydrogens is 641 g/mol. The minimum atomic E-state index is -4.36. The molecule has 1 N–H and O–H groups in total. The molecular formula is C39H79NO8P+. The molecule has 0 aliphatic rings. The van der Waals surface area contributed by atoms with E-state index >= 15 is 0 Å². The van der Waals surface area contributed by atoms with Gasteiger partial charge in [0.1, 0.15) is 19.8 Å². The topological polar surface area (TPSA) is 108 Å². The van der Waals surface area contributed by atoms with Gasteiger partial charge < -0.3 is 18.9 Å². The molecule has 0 aromatic carbocycles. The SMILES string of the molecule is CCCCCCCCCCCCCCCCCCC(=O)OCC(COP(=O)(O)OCC[N+](C)(C)C)OC(=O)CCCCCCCCCCC. The first-order chi connectivity index (χ1) is 23.5. The predicted octanol–water partition coefficient (Wildman–Crippen LogP) is 10.9. The van der Waals surface area contributed by atoms with Gasteiger partial charge in [0.25, 0.3) is 0 Å². The first kappa shape index (κ1) is 48.0. The lowest BCUT2D eigenvalue weighted by atomic mass is 10.0. The summed E-state index contributed by atoms with van der Waals surface area (Å²) < 4.78 is 34.1. The second-order valence-electron chi connectivity index (χ2n) is 15.0. The van der Waals surface area contributed by atoms with Crippen molar-refractivity contribution in [2.75, 3.05) is 47.5 Å². The van der Waals surface area contributed by atoms with E-state index in [9.17, 15) is 19.0 Å². The molecule has 0 aliphatic heterocycles. The Morgan fingerprint density at radius 2 is 0.918 bits per heavy atom. The van der Waals surface area contributed by atoms with Gasteiger partial charge in [-0.2, -0.15) is 0 Å². The highest BCUT2D eigenvalue weighted by molar-refractivity contribution is 7.47. The van der Waals surface area contributed by atoms with Crippen molar-refractivity contribution in [3.05, 3.63) is 0 Å². The molecule has 49 heavy (non-hydrogen) atoms. The summed E-state index contributed by atoms with van der Waals surface area (Å²) in [6.07, 6.45) is 30.1. The number of phosphoric ester groups is 1. The molecule has 0 spiro atoms. The van der Waals surface area contributed by atoms with Crippen molar-refractivity contribution in [3.63, 3.8) is 0 Å². The normalized spacial score (nSPS) is 13.7. The van der Waals surface area contributed by atoms with Crippen molar-refractivity contribution < 1.29 is 42.1 Å². The van der Waals surface area contributed by atoms with E-state index in [1.807, 2.05) is 21.1 Å². The molecule has 0 radical (unpaired) electrons. The smallest absolute Gasteiger partial charge is 0.462 e. The highest BCUT2D eigenvalue weighted by atomic mass is 31.2. The van der Waals surface area contributed by atoms with E-state index in [2.05, 4.69) is 13.8 Å². The Kier molecular flexibility index (Phi) is 32.2. The fourth-order valence-corrected chi connectivity index (χ4v) is 6.40. The molecule has 2 unspecified atom stereocenters. The Balaban J connectivity index is 4.30. The van der Waals surface area contributed by atoms with E-state index in [4.69, 9.17) is 18.5 Å². The summed E-state index contributed by atoms with van der Waals surface area (Å²) >= 11 is 0. The van der Waals surface area contributed by atoms with Crippen LogP contribution in [0.3, 0.4) is 0 Å². The lowest BCUT2D eigenvalue weighted by molar-refractivity contribution is -0.870. The molecule has 2 atom stereocenters. The number of ether oxygens (including phenoxy) is 2. The molecule has 0 aromatic rings. The monoisotopic (exact) mass is 721 g/mol. The van der Waals surface area contributed by atoms with Gasteiger partial charge >= 0.3 is 19.8 Å². The van der Waals surface area contributed by atoms with E-state index < -0.39 is 26.5 Å². The number of hydrogen-bond donors (Lipinski definition) is 1. The summed E-state index contributed by atoms with van der Waals surface area (Å²) in [7, 11) is 1.49. The van der Waals surface area contributed by atoms with Gasteiger partial charge in [-0.25, -0.2) is 4.57 Å². The first-order valence-electron chi connectivity index (χ1n) is 20.3. The van der Waals surface area contributed by atoms with Crippen molar-refractivity contribution in [2.45, 2.75) is 193 Å². The van der Waals surface area contributed by atoms with Gasteiger partial charge in [0.15, 0.2) is 6.10 Å². The summed E-state index contributed by atoms with van der Waals surface area (Å²) in [6, 6.07) is 0. The molecule has 0 aromatic heterocycles. The van der Waals surface area contributed by atoms with Gasteiger partial charge in [0.05, 0.1) is 27.7 Å². The van der Waals surface area contributed by atoms with Crippen molar-refractivity contribution in [1.29, 1.82) is 0 Å². The molecule has 0 saturated carbocycles. The lowest BCUT2D eigenvalue weighted by Gasteiger charge is -2.24. The fraction of sp³-hybridized carbons (Fsp3) is 0.949. The molecule has 0 bridgehead atoms. The second-order valence-corrected chi connectivity index (χ2v) is 16.5. The van der Waals surface area contributed by atoms with Crippen molar-refractivity contribution >= 4 is 19.8 Å². The van der Waals surface area contributed by atoms with Gasteiger partial charge in [-0.05, 0) is 12.8 Å². The van der Waals surface area contributed by atoms with Gasteiger partial charge in [0, 0.05) is 12.8 Å². The van der Waals surface area contributed by atoms with Crippen LogP contribution in [0.4, 0.5) is 0 Å². The largest absolute Gasteiger partial charge is 0.472 e. The van der Waals surface area contributed by atoms with E-state index in [1.165, 1.54) is 122 Å². The summed E-state index contributed by atoms with van der Waals surface area (Å²) in [5.41, 5.74) is 0. The van der Waals surface area contributed by atoms with Crippen LogP contribution in [0.5, 0.6) is 0 Å². The van der Waals surface area contributed by atoms with Crippen LogP contribution in [0.15, 0.2) is 0 Å². The van der Waals surface area contributed by atoms with Crippen LogP contribution < -0.4 is 0 Å². The van der Waals surface area contributed by atoms with Crippen molar-refractivity contribution in [1.82, 2.24) is 0 Å². The number of hydrogen-bond acceptors (Lipinski definition) is 7. The number of likely N-dealkylation sites (N-methyl/N-ethyl adjacent to an activating group) is 1. The van der Waals surface area contributed by atoms with Crippen molar-refractivity contribution in [3.8, 4) is 0 Å². The number of esters is 2. The highest BCUT2D eigenvalue weighted by Gasteiger charge is 2.27.